The fraction of sp³-hybridized carbons (Fsp3) is 1.00. The van der Waals surface area contributed by atoms with Crippen LogP contribution in [0.5, 0.6) is 0 Å². The van der Waals surface area contributed by atoms with Crippen LogP contribution in [0.25, 0.3) is 0 Å². The lowest BCUT2D eigenvalue weighted by atomic mass is 9.87. The van der Waals surface area contributed by atoms with Gasteiger partial charge in [0, 0.05) is 36.0 Å². The molecule has 2 nitrogen and oxygen atoms in total. The normalized spacial score (nSPS) is 35.7. The Kier molecular flexibility index (Phi) is 5.24. The van der Waals surface area contributed by atoms with Gasteiger partial charge in [-0.1, -0.05) is 20.8 Å². The summed E-state index contributed by atoms with van der Waals surface area (Å²) in [5, 5.41) is 3.85. The fourth-order valence-corrected chi connectivity index (χ4v) is 5.07. The first kappa shape index (κ1) is 15.7. The van der Waals surface area contributed by atoms with Gasteiger partial charge >= 0.3 is 0 Å². The van der Waals surface area contributed by atoms with Gasteiger partial charge in [0.15, 0.2) is 0 Å². The highest BCUT2D eigenvalue weighted by atomic mass is 32.2. The van der Waals surface area contributed by atoms with Crippen LogP contribution in [-0.2, 0) is 0 Å². The van der Waals surface area contributed by atoms with Crippen LogP contribution >= 0.6 is 11.8 Å². The van der Waals surface area contributed by atoms with E-state index in [-0.39, 0.29) is 0 Å². The van der Waals surface area contributed by atoms with E-state index < -0.39 is 0 Å². The Balaban J connectivity index is 2.05. The Labute approximate surface area is 124 Å². The molecule has 0 bridgehead atoms. The van der Waals surface area contributed by atoms with Crippen LogP contribution in [0.4, 0.5) is 0 Å². The van der Waals surface area contributed by atoms with Crippen molar-refractivity contribution >= 4 is 11.8 Å². The highest BCUT2D eigenvalue weighted by Gasteiger charge is 2.40. The number of nitrogens with one attached hydrogen (secondary N) is 1. The number of rotatable bonds is 5. The van der Waals surface area contributed by atoms with E-state index in [0.717, 1.165) is 6.04 Å². The molecule has 2 aliphatic heterocycles. The minimum absolute atomic E-state index is 0.366. The molecule has 0 radical (unpaired) electrons. The molecule has 2 aliphatic rings. The molecule has 1 N–H and O–H groups in total. The highest BCUT2D eigenvalue weighted by molar-refractivity contribution is 8.00. The van der Waals surface area contributed by atoms with Gasteiger partial charge in [-0.05, 0) is 44.8 Å². The minimum atomic E-state index is 0.366. The predicted molar refractivity (Wildman–Crippen MR) is 87.1 cm³/mol. The molecule has 0 saturated carbocycles. The third-order valence-electron chi connectivity index (χ3n) is 5.40. The zero-order chi connectivity index (χ0) is 13.9. The van der Waals surface area contributed by atoms with Crippen molar-refractivity contribution in [2.75, 3.05) is 25.4 Å². The molecule has 19 heavy (non-hydrogen) atoms. The zero-order valence-electron chi connectivity index (χ0n) is 13.3. The van der Waals surface area contributed by atoms with Crippen molar-refractivity contribution in [2.45, 2.75) is 76.1 Å². The van der Waals surface area contributed by atoms with E-state index in [1.165, 1.54) is 57.5 Å². The Morgan fingerprint density at radius 2 is 2.00 bits per heavy atom. The van der Waals surface area contributed by atoms with Gasteiger partial charge in [-0.2, -0.15) is 11.8 Å². The van der Waals surface area contributed by atoms with Gasteiger partial charge in [-0.15, -0.1) is 0 Å². The maximum Gasteiger partial charge on any atom is 0.0304 e. The van der Waals surface area contributed by atoms with E-state index in [4.69, 9.17) is 0 Å². The van der Waals surface area contributed by atoms with Gasteiger partial charge in [0.25, 0.3) is 0 Å². The van der Waals surface area contributed by atoms with E-state index in [0.29, 0.717) is 10.3 Å². The second kappa shape index (κ2) is 6.36. The lowest BCUT2D eigenvalue weighted by Crippen LogP contribution is -2.65. The van der Waals surface area contributed by atoms with Gasteiger partial charge in [0.05, 0.1) is 0 Å². The standard InChI is InChI=1S/C16H32N2S/c1-5-14-11-17-16(6-2,7-3)13-18(14)12-15(4)9-8-10-19-15/h14,17H,5-13H2,1-4H3. The lowest BCUT2D eigenvalue weighted by molar-refractivity contribution is 0.0633. The van der Waals surface area contributed by atoms with Gasteiger partial charge in [0.2, 0.25) is 0 Å². The molecule has 112 valence electrons. The summed E-state index contributed by atoms with van der Waals surface area (Å²) in [6, 6.07) is 0.740. The molecular weight excluding hydrogens is 252 g/mol. The minimum Gasteiger partial charge on any atom is -0.308 e. The first-order chi connectivity index (χ1) is 9.06. The molecule has 2 heterocycles. The van der Waals surface area contributed by atoms with E-state index in [1.54, 1.807) is 0 Å². The Hall–Kier alpha value is 0.270. The summed E-state index contributed by atoms with van der Waals surface area (Å²) in [6.45, 7) is 13.2. The highest BCUT2D eigenvalue weighted by Crippen LogP contribution is 2.39. The molecule has 2 saturated heterocycles. The molecule has 0 amide bonds. The van der Waals surface area contributed by atoms with Gasteiger partial charge in [-0.3, -0.25) is 4.90 Å². The summed E-state index contributed by atoms with van der Waals surface area (Å²) >= 11 is 2.20. The maximum atomic E-state index is 3.85. The molecule has 2 atom stereocenters. The number of nitrogens with zero attached hydrogens (tertiary/aromatic N) is 1. The summed E-state index contributed by atoms with van der Waals surface area (Å²) in [7, 11) is 0. The number of thioether (sulfide) groups is 1. The van der Waals surface area contributed by atoms with Crippen LogP contribution < -0.4 is 5.32 Å². The SMILES string of the molecule is CCC1CNC(CC)(CC)CN1CC1(C)CCCS1. The topological polar surface area (TPSA) is 15.3 Å². The molecular formula is C16H32N2S. The van der Waals surface area contributed by atoms with Crippen molar-refractivity contribution in [3.63, 3.8) is 0 Å². The van der Waals surface area contributed by atoms with Crippen LogP contribution in [0.3, 0.4) is 0 Å². The largest absolute Gasteiger partial charge is 0.308 e. The molecule has 0 aromatic carbocycles. The summed E-state index contributed by atoms with van der Waals surface area (Å²) in [6.07, 6.45) is 6.60. The van der Waals surface area contributed by atoms with Gasteiger partial charge in [-0.25, -0.2) is 0 Å². The molecule has 0 aromatic heterocycles. The Bertz CT molecular complexity index is 280. The number of hydrogen-bond donors (Lipinski definition) is 1. The number of hydrogen-bond acceptors (Lipinski definition) is 3. The van der Waals surface area contributed by atoms with Crippen molar-refractivity contribution in [2.24, 2.45) is 0 Å². The average Bonchev–Trinajstić information content (AvgIpc) is 2.85. The van der Waals surface area contributed by atoms with Crippen molar-refractivity contribution in [3.05, 3.63) is 0 Å². The third-order valence-corrected chi connectivity index (χ3v) is 6.92. The fourth-order valence-electron chi connectivity index (χ4n) is 3.74. The van der Waals surface area contributed by atoms with Crippen molar-refractivity contribution in [1.82, 2.24) is 10.2 Å². The summed E-state index contributed by atoms with van der Waals surface area (Å²) in [5.41, 5.74) is 0.366. The summed E-state index contributed by atoms with van der Waals surface area (Å²) in [5.74, 6) is 1.37. The van der Waals surface area contributed by atoms with Crippen LogP contribution in [0.2, 0.25) is 0 Å². The molecule has 2 unspecified atom stereocenters. The summed E-state index contributed by atoms with van der Waals surface area (Å²) < 4.78 is 0.512. The third kappa shape index (κ3) is 3.48. The van der Waals surface area contributed by atoms with Crippen LogP contribution in [-0.4, -0.2) is 46.6 Å². The van der Waals surface area contributed by atoms with Gasteiger partial charge < -0.3 is 5.32 Å². The Morgan fingerprint density at radius 3 is 2.53 bits per heavy atom. The molecule has 0 spiro atoms. The summed E-state index contributed by atoms with van der Waals surface area (Å²) in [4.78, 5) is 2.81. The number of piperazine rings is 1. The van der Waals surface area contributed by atoms with E-state index in [2.05, 4.69) is 49.7 Å². The first-order valence-corrected chi connectivity index (χ1v) is 9.18. The lowest BCUT2D eigenvalue weighted by Gasteiger charge is -2.49. The first-order valence-electron chi connectivity index (χ1n) is 8.19. The second-order valence-corrected chi connectivity index (χ2v) is 8.42. The van der Waals surface area contributed by atoms with Crippen LogP contribution in [0, 0.1) is 0 Å². The average molecular weight is 285 g/mol. The molecule has 0 aliphatic carbocycles. The maximum absolute atomic E-state index is 3.85. The predicted octanol–water partition coefficient (Wildman–Crippen LogP) is 3.51. The van der Waals surface area contributed by atoms with Crippen LogP contribution in [0.15, 0.2) is 0 Å². The molecule has 2 rings (SSSR count). The quantitative estimate of drug-likeness (QED) is 0.831. The second-order valence-electron chi connectivity index (χ2n) is 6.74. The van der Waals surface area contributed by atoms with E-state index in [1.807, 2.05) is 0 Å². The Morgan fingerprint density at radius 1 is 1.26 bits per heavy atom. The molecule has 3 heteroatoms. The smallest absolute Gasteiger partial charge is 0.0304 e. The van der Waals surface area contributed by atoms with E-state index in [9.17, 15) is 0 Å². The molecule has 0 aromatic rings. The van der Waals surface area contributed by atoms with Crippen molar-refractivity contribution < 1.29 is 0 Å². The van der Waals surface area contributed by atoms with Crippen molar-refractivity contribution in [3.8, 4) is 0 Å². The monoisotopic (exact) mass is 284 g/mol. The van der Waals surface area contributed by atoms with Crippen molar-refractivity contribution in [1.29, 1.82) is 0 Å². The van der Waals surface area contributed by atoms with Crippen LogP contribution in [0.1, 0.15) is 59.8 Å². The van der Waals surface area contributed by atoms with E-state index >= 15 is 0 Å². The molecule has 2 fully saturated rings. The van der Waals surface area contributed by atoms with Gasteiger partial charge in [0.1, 0.15) is 0 Å². The zero-order valence-corrected chi connectivity index (χ0v) is 14.1.